The average Bonchev–Trinajstić information content (AvgIpc) is 2.62. The fourth-order valence-electron chi connectivity index (χ4n) is 3.23. The molecular formula is C19H20F2N2O3S. The van der Waals surface area contributed by atoms with E-state index >= 15 is 0 Å². The number of rotatable bonds is 5. The molecule has 1 unspecified atom stereocenters. The second-order valence-corrected chi connectivity index (χ2v) is 8.37. The fraction of sp³-hybridized carbons (Fsp3) is 0.316. The van der Waals surface area contributed by atoms with Crippen molar-refractivity contribution in [3.63, 3.8) is 0 Å². The van der Waals surface area contributed by atoms with Crippen molar-refractivity contribution in [1.82, 2.24) is 4.31 Å². The zero-order chi connectivity index (χ0) is 19.4. The molecule has 27 heavy (non-hydrogen) atoms. The quantitative estimate of drug-likeness (QED) is 0.844. The van der Waals surface area contributed by atoms with Crippen molar-refractivity contribution >= 4 is 21.6 Å². The van der Waals surface area contributed by atoms with E-state index in [9.17, 15) is 22.0 Å². The summed E-state index contributed by atoms with van der Waals surface area (Å²) in [4.78, 5) is 12.3. The topological polar surface area (TPSA) is 66.5 Å². The van der Waals surface area contributed by atoms with E-state index in [0.717, 1.165) is 18.6 Å². The predicted molar refractivity (Wildman–Crippen MR) is 97.6 cm³/mol. The highest BCUT2D eigenvalue weighted by Crippen LogP contribution is 2.27. The molecule has 1 aliphatic rings. The molecule has 144 valence electrons. The van der Waals surface area contributed by atoms with Crippen LogP contribution in [-0.2, 0) is 14.8 Å². The summed E-state index contributed by atoms with van der Waals surface area (Å²) >= 11 is 0. The van der Waals surface area contributed by atoms with E-state index in [-0.39, 0.29) is 17.2 Å². The maximum Gasteiger partial charge on any atom is 0.243 e. The molecule has 0 aromatic heterocycles. The minimum Gasteiger partial charge on any atom is -0.326 e. The molecule has 1 saturated heterocycles. The second-order valence-electron chi connectivity index (χ2n) is 6.48. The lowest BCUT2D eigenvalue weighted by Gasteiger charge is -2.34. The van der Waals surface area contributed by atoms with Gasteiger partial charge in [0.1, 0.15) is 11.6 Å². The highest BCUT2D eigenvalue weighted by molar-refractivity contribution is 7.89. The number of piperidine rings is 1. The van der Waals surface area contributed by atoms with Gasteiger partial charge in [0.15, 0.2) is 0 Å². The van der Waals surface area contributed by atoms with Gasteiger partial charge in [-0.3, -0.25) is 4.79 Å². The molecule has 3 rings (SSSR count). The van der Waals surface area contributed by atoms with Gasteiger partial charge in [0, 0.05) is 24.7 Å². The molecule has 2 aromatic rings. The Kier molecular flexibility index (Phi) is 5.86. The van der Waals surface area contributed by atoms with Crippen LogP contribution in [0.25, 0.3) is 0 Å². The number of hydrogen-bond donors (Lipinski definition) is 1. The van der Waals surface area contributed by atoms with E-state index in [4.69, 9.17) is 0 Å². The molecule has 5 nitrogen and oxygen atoms in total. The number of anilines is 1. The van der Waals surface area contributed by atoms with Crippen LogP contribution >= 0.6 is 0 Å². The summed E-state index contributed by atoms with van der Waals surface area (Å²) in [7, 11) is -3.83. The maximum atomic E-state index is 13.2. The van der Waals surface area contributed by atoms with Gasteiger partial charge in [-0.05, 0) is 55.3 Å². The molecule has 1 amide bonds. The van der Waals surface area contributed by atoms with Crippen molar-refractivity contribution in [3.8, 4) is 0 Å². The normalized spacial score (nSPS) is 18.2. The molecule has 0 bridgehead atoms. The summed E-state index contributed by atoms with van der Waals surface area (Å²) in [5, 5.41) is 2.60. The van der Waals surface area contributed by atoms with Crippen LogP contribution in [-0.4, -0.2) is 31.2 Å². The van der Waals surface area contributed by atoms with Crippen LogP contribution in [0.1, 0.15) is 25.7 Å². The van der Waals surface area contributed by atoms with Crippen LogP contribution in [0.5, 0.6) is 0 Å². The van der Waals surface area contributed by atoms with E-state index in [1.165, 1.54) is 34.6 Å². The Hall–Kier alpha value is -2.32. The van der Waals surface area contributed by atoms with Crippen LogP contribution in [0.4, 0.5) is 14.5 Å². The van der Waals surface area contributed by atoms with Gasteiger partial charge in [0.25, 0.3) is 0 Å². The van der Waals surface area contributed by atoms with Gasteiger partial charge in [-0.15, -0.1) is 0 Å². The van der Waals surface area contributed by atoms with Gasteiger partial charge in [0.05, 0.1) is 4.90 Å². The summed E-state index contributed by atoms with van der Waals surface area (Å²) in [6.45, 7) is 0.303. The first-order chi connectivity index (χ1) is 12.9. The Balaban J connectivity index is 1.75. The molecule has 8 heteroatoms. The summed E-state index contributed by atoms with van der Waals surface area (Å²) in [5.74, 6) is -1.36. The largest absolute Gasteiger partial charge is 0.326 e. The van der Waals surface area contributed by atoms with Crippen LogP contribution in [0.2, 0.25) is 0 Å². The minimum atomic E-state index is -3.83. The number of nitrogens with zero attached hydrogens (tertiary/aromatic N) is 1. The number of hydrogen-bond acceptors (Lipinski definition) is 3. The number of sulfonamides is 1. The van der Waals surface area contributed by atoms with E-state index in [0.29, 0.717) is 25.1 Å². The highest BCUT2D eigenvalue weighted by Gasteiger charge is 2.34. The van der Waals surface area contributed by atoms with Crippen molar-refractivity contribution in [2.75, 3.05) is 11.9 Å². The Labute approximate surface area is 157 Å². The zero-order valence-electron chi connectivity index (χ0n) is 14.6. The molecular weight excluding hydrogens is 374 g/mol. The van der Waals surface area contributed by atoms with Crippen molar-refractivity contribution in [3.05, 3.63) is 60.2 Å². The number of nitrogens with one attached hydrogen (secondary N) is 1. The molecule has 1 N–H and O–H groups in total. The predicted octanol–water partition coefficient (Wildman–Crippen LogP) is 3.54. The van der Waals surface area contributed by atoms with Crippen LogP contribution < -0.4 is 5.32 Å². The molecule has 0 saturated carbocycles. The third-order valence-corrected chi connectivity index (χ3v) is 6.49. The standard InChI is InChI=1S/C19H20F2N2O3S/c20-14-7-9-18(10-8-14)27(25,26)23-11-2-1-6-17(23)13-19(24)22-16-5-3-4-15(21)12-16/h3-5,7-10,12,17H,1-2,6,11,13H2,(H,22,24). The Bertz CT molecular complexity index is 917. The van der Waals surface area contributed by atoms with Gasteiger partial charge in [0.2, 0.25) is 15.9 Å². The van der Waals surface area contributed by atoms with Crippen molar-refractivity contribution in [1.29, 1.82) is 0 Å². The maximum absolute atomic E-state index is 13.2. The summed E-state index contributed by atoms with van der Waals surface area (Å²) in [5.41, 5.74) is 0.323. The second kappa shape index (κ2) is 8.14. The van der Waals surface area contributed by atoms with Gasteiger partial charge < -0.3 is 5.32 Å². The van der Waals surface area contributed by atoms with E-state index in [1.807, 2.05) is 0 Å². The van der Waals surface area contributed by atoms with Crippen molar-refractivity contribution in [2.45, 2.75) is 36.6 Å². The third-order valence-electron chi connectivity index (χ3n) is 4.52. The van der Waals surface area contributed by atoms with Crippen molar-refractivity contribution in [2.24, 2.45) is 0 Å². The first-order valence-electron chi connectivity index (χ1n) is 8.69. The molecule has 1 fully saturated rings. The van der Waals surface area contributed by atoms with Crippen LogP contribution in [0.3, 0.4) is 0 Å². The smallest absolute Gasteiger partial charge is 0.243 e. The van der Waals surface area contributed by atoms with Gasteiger partial charge in [-0.25, -0.2) is 17.2 Å². The summed E-state index contributed by atoms with van der Waals surface area (Å²) < 4.78 is 53.5. The number of benzene rings is 2. The van der Waals surface area contributed by atoms with Crippen molar-refractivity contribution < 1.29 is 22.0 Å². The zero-order valence-corrected chi connectivity index (χ0v) is 15.4. The molecule has 2 aromatic carbocycles. The number of amides is 1. The Morgan fingerprint density at radius 1 is 1.07 bits per heavy atom. The lowest BCUT2D eigenvalue weighted by molar-refractivity contribution is -0.117. The molecule has 1 heterocycles. The fourth-order valence-corrected chi connectivity index (χ4v) is 4.92. The van der Waals surface area contributed by atoms with E-state index in [2.05, 4.69) is 5.32 Å². The molecule has 0 spiro atoms. The van der Waals surface area contributed by atoms with Crippen LogP contribution in [0.15, 0.2) is 53.4 Å². The van der Waals surface area contributed by atoms with Gasteiger partial charge in [-0.2, -0.15) is 4.31 Å². The number of halogens is 2. The average molecular weight is 394 g/mol. The lowest BCUT2D eigenvalue weighted by atomic mass is 10.0. The van der Waals surface area contributed by atoms with Crippen LogP contribution in [0, 0.1) is 11.6 Å². The molecule has 1 aliphatic heterocycles. The van der Waals surface area contributed by atoms with Gasteiger partial charge in [-0.1, -0.05) is 12.5 Å². The van der Waals surface area contributed by atoms with E-state index in [1.54, 1.807) is 6.07 Å². The third kappa shape index (κ3) is 4.70. The highest BCUT2D eigenvalue weighted by atomic mass is 32.2. The molecule has 0 radical (unpaired) electrons. The lowest BCUT2D eigenvalue weighted by Crippen LogP contribution is -2.45. The summed E-state index contributed by atoms with van der Waals surface area (Å²) in [6, 6.07) is 9.67. The monoisotopic (exact) mass is 394 g/mol. The molecule has 1 atom stereocenters. The number of carbonyl (C=O) groups is 1. The van der Waals surface area contributed by atoms with E-state index < -0.39 is 27.7 Å². The Morgan fingerprint density at radius 2 is 1.81 bits per heavy atom. The summed E-state index contributed by atoms with van der Waals surface area (Å²) in [6.07, 6.45) is 2.03. The Morgan fingerprint density at radius 3 is 2.52 bits per heavy atom. The molecule has 0 aliphatic carbocycles. The first-order valence-corrected chi connectivity index (χ1v) is 10.1. The SMILES string of the molecule is O=C(CC1CCCCN1S(=O)(=O)c1ccc(F)cc1)Nc1cccc(F)c1. The van der Waals surface area contributed by atoms with Gasteiger partial charge >= 0.3 is 0 Å². The first kappa shape index (κ1) is 19.4. The minimum absolute atomic E-state index is 0.00124. The number of carbonyl (C=O) groups excluding carboxylic acids is 1.